The Morgan fingerprint density at radius 1 is 1.25 bits per heavy atom. The molecule has 3 aromatic rings. The second-order valence-corrected chi connectivity index (χ2v) is 5.65. The second kappa shape index (κ2) is 5.63. The summed E-state index contributed by atoms with van der Waals surface area (Å²) < 4.78 is 24.8. The quantitative estimate of drug-likeness (QED) is 0.780. The average Bonchev–Trinajstić information content (AvgIpc) is 2.60. The van der Waals surface area contributed by atoms with Gasteiger partial charge in [0, 0.05) is 23.2 Å². The number of fused-ring (bicyclic) bond motifs is 2. The number of para-hydroxylation sites is 1. The van der Waals surface area contributed by atoms with Crippen LogP contribution < -0.4 is 14.8 Å². The van der Waals surface area contributed by atoms with E-state index in [2.05, 4.69) is 15.3 Å². The normalized spacial score (nSPS) is 16.2. The molecule has 0 spiro atoms. The van der Waals surface area contributed by atoms with Crippen molar-refractivity contribution >= 4 is 16.6 Å². The lowest BCUT2D eigenvalue weighted by atomic mass is 10.1. The van der Waals surface area contributed by atoms with E-state index in [4.69, 9.17) is 9.47 Å². The van der Waals surface area contributed by atoms with Crippen LogP contribution in [0.25, 0.3) is 10.9 Å². The number of anilines is 1. The molecule has 0 bridgehead atoms. The Bertz CT molecular complexity index is 930. The molecule has 1 aliphatic rings. The van der Waals surface area contributed by atoms with Gasteiger partial charge in [0.1, 0.15) is 5.75 Å². The molecule has 6 heteroatoms. The summed E-state index contributed by atoms with van der Waals surface area (Å²) in [5.41, 5.74) is 2.38. The Hall–Kier alpha value is -2.89. The zero-order chi connectivity index (χ0) is 16.7. The van der Waals surface area contributed by atoms with Crippen molar-refractivity contribution in [2.75, 3.05) is 19.0 Å². The van der Waals surface area contributed by atoms with Crippen LogP contribution >= 0.6 is 0 Å². The number of hydrogen-bond donors (Lipinski definition) is 1. The first-order chi connectivity index (χ1) is 11.7. The Balaban J connectivity index is 1.72. The molecule has 0 saturated carbocycles. The highest BCUT2D eigenvalue weighted by molar-refractivity contribution is 5.80. The van der Waals surface area contributed by atoms with Crippen molar-refractivity contribution in [2.24, 2.45) is 0 Å². The van der Waals surface area contributed by atoms with Crippen LogP contribution in [0, 0.1) is 12.7 Å². The largest absolute Gasteiger partial charge is 0.494 e. The van der Waals surface area contributed by atoms with Gasteiger partial charge in [0.15, 0.2) is 23.5 Å². The van der Waals surface area contributed by atoms with Crippen LogP contribution in [0.5, 0.6) is 11.5 Å². The molecule has 0 amide bonds. The number of methoxy groups -OCH3 is 1. The van der Waals surface area contributed by atoms with E-state index in [9.17, 15) is 4.39 Å². The summed E-state index contributed by atoms with van der Waals surface area (Å²) in [6.45, 7) is 2.42. The van der Waals surface area contributed by atoms with Crippen LogP contribution in [-0.4, -0.2) is 23.6 Å². The van der Waals surface area contributed by atoms with E-state index < -0.39 is 5.82 Å². The van der Waals surface area contributed by atoms with Crippen molar-refractivity contribution in [3.63, 3.8) is 0 Å². The Morgan fingerprint density at radius 2 is 2.08 bits per heavy atom. The minimum atomic E-state index is -0.427. The van der Waals surface area contributed by atoms with Gasteiger partial charge >= 0.3 is 0 Å². The number of aryl methyl sites for hydroxylation is 1. The number of hydrogen-bond acceptors (Lipinski definition) is 5. The van der Waals surface area contributed by atoms with Gasteiger partial charge in [0.25, 0.3) is 0 Å². The zero-order valence-corrected chi connectivity index (χ0v) is 13.3. The molecule has 122 valence electrons. The fraction of sp³-hybridized carbons (Fsp3) is 0.222. The van der Waals surface area contributed by atoms with Gasteiger partial charge in [0.05, 0.1) is 24.9 Å². The van der Waals surface area contributed by atoms with E-state index in [1.165, 1.54) is 19.2 Å². The molecular weight excluding hydrogens is 309 g/mol. The first-order valence-electron chi connectivity index (χ1n) is 7.67. The maximum absolute atomic E-state index is 13.8. The van der Waals surface area contributed by atoms with E-state index in [1.54, 1.807) is 0 Å². The van der Waals surface area contributed by atoms with E-state index >= 15 is 0 Å². The maximum atomic E-state index is 13.8. The van der Waals surface area contributed by atoms with Gasteiger partial charge < -0.3 is 14.8 Å². The number of nitrogens with zero attached hydrogens (tertiary/aromatic N) is 2. The van der Waals surface area contributed by atoms with Crippen LogP contribution in [0.3, 0.4) is 0 Å². The minimum absolute atomic E-state index is 0.145. The third-order valence-corrected chi connectivity index (χ3v) is 4.10. The SMILES string of the molecule is COc1cc2c(cc1F)NCC(c1nc(C)c3ccccc3n1)O2. The lowest BCUT2D eigenvalue weighted by Gasteiger charge is -2.27. The number of rotatable bonds is 2. The molecule has 2 heterocycles. The molecule has 0 radical (unpaired) electrons. The summed E-state index contributed by atoms with van der Waals surface area (Å²) in [6, 6.07) is 10.8. The number of halogens is 1. The van der Waals surface area contributed by atoms with Gasteiger partial charge in [-0.25, -0.2) is 14.4 Å². The topological polar surface area (TPSA) is 56.3 Å². The fourth-order valence-corrected chi connectivity index (χ4v) is 2.87. The smallest absolute Gasteiger partial charge is 0.175 e. The van der Waals surface area contributed by atoms with Crippen LogP contribution in [0.15, 0.2) is 36.4 Å². The number of aromatic nitrogens is 2. The number of nitrogens with one attached hydrogen (secondary N) is 1. The average molecular weight is 325 g/mol. The molecule has 1 N–H and O–H groups in total. The highest BCUT2D eigenvalue weighted by Crippen LogP contribution is 2.38. The maximum Gasteiger partial charge on any atom is 0.175 e. The third-order valence-electron chi connectivity index (χ3n) is 4.10. The molecule has 1 aromatic heterocycles. The van der Waals surface area contributed by atoms with E-state index in [0.29, 0.717) is 23.8 Å². The number of benzene rings is 2. The molecule has 0 saturated heterocycles. The third kappa shape index (κ3) is 2.40. The van der Waals surface area contributed by atoms with E-state index in [-0.39, 0.29) is 11.9 Å². The summed E-state index contributed by atoms with van der Waals surface area (Å²) in [5.74, 6) is 0.849. The summed E-state index contributed by atoms with van der Waals surface area (Å²) in [6.07, 6.45) is -0.351. The first-order valence-corrected chi connectivity index (χ1v) is 7.67. The van der Waals surface area contributed by atoms with Gasteiger partial charge in [0.2, 0.25) is 0 Å². The van der Waals surface area contributed by atoms with Crippen LogP contribution in [0.4, 0.5) is 10.1 Å². The van der Waals surface area contributed by atoms with Crippen molar-refractivity contribution in [3.8, 4) is 11.5 Å². The van der Waals surface area contributed by atoms with Crippen LogP contribution in [-0.2, 0) is 0 Å². The molecule has 0 aliphatic carbocycles. The predicted molar refractivity (Wildman–Crippen MR) is 89.1 cm³/mol. The lowest BCUT2D eigenvalue weighted by molar-refractivity contribution is 0.199. The van der Waals surface area contributed by atoms with E-state index in [0.717, 1.165) is 16.6 Å². The van der Waals surface area contributed by atoms with Gasteiger partial charge in [-0.2, -0.15) is 0 Å². The summed E-state index contributed by atoms with van der Waals surface area (Å²) in [7, 11) is 1.42. The summed E-state index contributed by atoms with van der Waals surface area (Å²) in [5, 5.41) is 4.19. The highest BCUT2D eigenvalue weighted by atomic mass is 19.1. The lowest BCUT2D eigenvalue weighted by Crippen LogP contribution is -2.25. The molecule has 1 atom stereocenters. The monoisotopic (exact) mass is 325 g/mol. The number of ether oxygens (including phenoxy) is 2. The van der Waals surface area contributed by atoms with Crippen molar-refractivity contribution in [3.05, 3.63) is 53.7 Å². The molecule has 0 fully saturated rings. The fourth-order valence-electron chi connectivity index (χ4n) is 2.87. The first kappa shape index (κ1) is 14.7. The minimum Gasteiger partial charge on any atom is -0.494 e. The Kier molecular flexibility index (Phi) is 3.45. The second-order valence-electron chi connectivity index (χ2n) is 5.65. The van der Waals surface area contributed by atoms with Gasteiger partial charge in [-0.05, 0) is 13.0 Å². The van der Waals surface area contributed by atoms with Crippen molar-refractivity contribution in [1.29, 1.82) is 0 Å². The Labute approximate surface area is 138 Å². The van der Waals surface area contributed by atoms with Crippen LogP contribution in [0.1, 0.15) is 17.6 Å². The Morgan fingerprint density at radius 3 is 2.92 bits per heavy atom. The molecule has 1 unspecified atom stereocenters. The van der Waals surface area contributed by atoms with Gasteiger partial charge in [-0.1, -0.05) is 18.2 Å². The summed E-state index contributed by atoms with van der Waals surface area (Å²) >= 11 is 0. The van der Waals surface area contributed by atoms with Crippen molar-refractivity contribution in [2.45, 2.75) is 13.0 Å². The zero-order valence-electron chi connectivity index (χ0n) is 13.3. The molecule has 24 heavy (non-hydrogen) atoms. The molecule has 5 nitrogen and oxygen atoms in total. The van der Waals surface area contributed by atoms with Gasteiger partial charge in [-0.3, -0.25) is 0 Å². The van der Waals surface area contributed by atoms with E-state index in [1.807, 2.05) is 31.2 Å². The van der Waals surface area contributed by atoms with Crippen molar-refractivity contribution < 1.29 is 13.9 Å². The molecule has 2 aromatic carbocycles. The predicted octanol–water partition coefficient (Wildman–Crippen LogP) is 3.63. The highest BCUT2D eigenvalue weighted by Gasteiger charge is 2.25. The molecular formula is C18H16FN3O2. The molecule has 4 rings (SSSR count). The van der Waals surface area contributed by atoms with Crippen LogP contribution in [0.2, 0.25) is 0 Å². The standard InChI is InChI=1S/C18H16FN3O2/c1-10-11-5-3-4-6-13(11)22-18(21-10)17-9-20-14-7-12(19)15(23-2)8-16(14)24-17/h3-8,17,20H,9H2,1-2H3. The van der Waals surface area contributed by atoms with Crippen molar-refractivity contribution in [1.82, 2.24) is 9.97 Å². The van der Waals surface area contributed by atoms with Gasteiger partial charge in [-0.15, -0.1) is 0 Å². The summed E-state index contributed by atoms with van der Waals surface area (Å²) in [4.78, 5) is 9.19. The molecule has 1 aliphatic heterocycles.